The Balaban J connectivity index is 2.40. The molecular formula is C13H12Cl2N4OS. The van der Waals surface area contributed by atoms with Crippen LogP contribution < -0.4 is 5.73 Å². The molecule has 2 rings (SSSR count). The normalized spacial score (nSPS) is 10.6. The molecule has 21 heavy (non-hydrogen) atoms. The van der Waals surface area contributed by atoms with Crippen LogP contribution in [0.15, 0.2) is 36.0 Å². The Morgan fingerprint density at radius 1 is 1.38 bits per heavy atom. The van der Waals surface area contributed by atoms with Gasteiger partial charge in [0.2, 0.25) is 5.91 Å². The van der Waals surface area contributed by atoms with Crippen molar-refractivity contribution < 1.29 is 4.79 Å². The van der Waals surface area contributed by atoms with E-state index in [2.05, 4.69) is 16.8 Å². The molecule has 2 aromatic rings. The number of aromatic nitrogens is 3. The van der Waals surface area contributed by atoms with Crippen molar-refractivity contribution in [1.29, 1.82) is 0 Å². The predicted molar refractivity (Wildman–Crippen MR) is 85.6 cm³/mol. The average molecular weight is 343 g/mol. The highest BCUT2D eigenvalue weighted by Crippen LogP contribution is 2.29. The summed E-state index contributed by atoms with van der Waals surface area (Å²) in [5.74, 6) is 0.348. The largest absolute Gasteiger partial charge is 0.369 e. The number of allylic oxidation sites excluding steroid dienone is 1. The number of amides is 1. The van der Waals surface area contributed by atoms with Crippen LogP contribution in [0.5, 0.6) is 0 Å². The Bertz CT molecular complexity index is 687. The molecule has 0 atom stereocenters. The minimum Gasteiger partial charge on any atom is -0.369 e. The molecule has 0 radical (unpaired) electrons. The summed E-state index contributed by atoms with van der Waals surface area (Å²) >= 11 is 13.2. The Hall–Kier alpha value is -1.50. The molecule has 1 aromatic carbocycles. The molecule has 0 saturated heterocycles. The van der Waals surface area contributed by atoms with Gasteiger partial charge < -0.3 is 5.73 Å². The first-order valence-electron chi connectivity index (χ1n) is 5.93. The van der Waals surface area contributed by atoms with Crippen molar-refractivity contribution in [3.8, 4) is 11.4 Å². The molecule has 0 aliphatic rings. The first-order chi connectivity index (χ1) is 10.0. The van der Waals surface area contributed by atoms with E-state index in [4.69, 9.17) is 28.9 Å². The fourth-order valence-electron chi connectivity index (χ4n) is 1.67. The third-order valence-corrected chi connectivity index (χ3v) is 4.28. The van der Waals surface area contributed by atoms with Crippen LogP contribution >= 0.6 is 35.0 Å². The summed E-state index contributed by atoms with van der Waals surface area (Å²) in [6, 6.07) is 5.22. The van der Waals surface area contributed by atoms with Crippen LogP contribution in [-0.4, -0.2) is 26.4 Å². The predicted octanol–water partition coefficient (Wildman–Crippen LogP) is 3.02. The number of primary amides is 1. The summed E-state index contributed by atoms with van der Waals surface area (Å²) in [6.45, 7) is 4.22. The standard InChI is InChI=1S/C13H12Cl2N4OS/c1-2-5-19-12(8-3-4-9(14)10(15)6-8)17-18-13(19)21-7-11(16)20/h2-4,6H,1,5,7H2,(H2,16,20). The fraction of sp³-hybridized carbons (Fsp3) is 0.154. The number of rotatable bonds is 6. The van der Waals surface area contributed by atoms with Gasteiger partial charge in [-0.3, -0.25) is 9.36 Å². The molecule has 0 unspecified atom stereocenters. The van der Waals surface area contributed by atoms with Gasteiger partial charge in [-0.15, -0.1) is 16.8 Å². The Morgan fingerprint density at radius 2 is 2.14 bits per heavy atom. The zero-order valence-corrected chi connectivity index (χ0v) is 13.3. The number of carbonyl (C=O) groups excluding carboxylic acids is 1. The van der Waals surface area contributed by atoms with Gasteiger partial charge >= 0.3 is 0 Å². The first kappa shape index (κ1) is 15.9. The molecule has 0 bridgehead atoms. The third-order valence-electron chi connectivity index (χ3n) is 2.55. The lowest BCUT2D eigenvalue weighted by Crippen LogP contribution is -2.13. The van der Waals surface area contributed by atoms with Gasteiger partial charge in [-0.25, -0.2) is 0 Å². The van der Waals surface area contributed by atoms with Gasteiger partial charge in [0.25, 0.3) is 0 Å². The topological polar surface area (TPSA) is 73.8 Å². The summed E-state index contributed by atoms with van der Waals surface area (Å²) in [5, 5.41) is 9.73. The number of nitrogens with zero attached hydrogens (tertiary/aromatic N) is 3. The van der Waals surface area contributed by atoms with Gasteiger partial charge in [0.15, 0.2) is 11.0 Å². The van der Waals surface area contributed by atoms with Crippen molar-refractivity contribution in [3.63, 3.8) is 0 Å². The van der Waals surface area contributed by atoms with Crippen LogP contribution in [-0.2, 0) is 11.3 Å². The van der Waals surface area contributed by atoms with Crippen LogP contribution in [0, 0.1) is 0 Å². The third kappa shape index (κ3) is 3.78. The quantitative estimate of drug-likeness (QED) is 0.646. The first-order valence-corrected chi connectivity index (χ1v) is 7.67. The molecule has 8 heteroatoms. The molecular weight excluding hydrogens is 331 g/mol. The highest BCUT2D eigenvalue weighted by molar-refractivity contribution is 7.99. The van der Waals surface area contributed by atoms with Crippen LogP contribution in [0.3, 0.4) is 0 Å². The maximum atomic E-state index is 10.9. The van der Waals surface area contributed by atoms with Crippen LogP contribution in [0.4, 0.5) is 0 Å². The number of benzene rings is 1. The van der Waals surface area contributed by atoms with Gasteiger partial charge in [0, 0.05) is 12.1 Å². The molecule has 1 heterocycles. The van der Waals surface area contributed by atoms with Crippen molar-refractivity contribution in [2.24, 2.45) is 5.73 Å². The summed E-state index contributed by atoms with van der Waals surface area (Å²) in [6.07, 6.45) is 1.72. The Kier molecular flexibility index (Phi) is 5.27. The Morgan fingerprint density at radius 3 is 2.76 bits per heavy atom. The van der Waals surface area contributed by atoms with E-state index < -0.39 is 5.91 Å². The van der Waals surface area contributed by atoms with Crippen molar-refractivity contribution >= 4 is 40.9 Å². The van der Waals surface area contributed by atoms with E-state index in [-0.39, 0.29) is 5.75 Å². The number of nitrogens with two attached hydrogens (primary N) is 1. The smallest absolute Gasteiger partial charge is 0.227 e. The summed E-state index contributed by atoms with van der Waals surface area (Å²) in [4.78, 5) is 10.9. The molecule has 1 aromatic heterocycles. The lowest BCUT2D eigenvalue weighted by atomic mass is 10.2. The maximum absolute atomic E-state index is 10.9. The minimum absolute atomic E-state index is 0.136. The van der Waals surface area contributed by atoms with E-state index in [1.54, 1.807) is 24.3 Å². The molecule has 1 amide bonds. The molecule has 0 aliphatic carbocycles. The lowest BCUT2D eigenvalue weighted by molar-refractivity contribution is -0.115. The van der Waals surface area contributed by atoms with Crippen LogP contribution in [0.25, 0.3) is 11.4 Å². The number of thioether (sulfide) groups is 1. The fourth-order valence-corrected chi connectivity index (χ4v) is 2.66. The van der Waals surface area contributed by atoms with Crippen molar-refractivity contribution in [2.45, 2.75) is 11.7 Å². The lowest BCUT2D eigenvalue weighted by Gasteiger charge is -2.07. The SMILES string of the molecule is C=CCn1c(SCC(N)=O)nnc1-c1ccc(Cl)c(Cl)c1. The zero-order chi connectivity index (χ0) is 15.4. The second-order valence-corrected chi connectivity index (χ2v) is 5.85. The summed E-state index contributed by atoms with van der Waals surface area (Å²) in [5.41, 5.74) is 5.93. The van der Waals surface area contributed by atoms with E-state index in [1.165, 1.54) is 11.8 Å². The van der Waals surface area contributed by atoms with Gasteiger partial charge in [-0.2, -0.15) is 0 Å². The number of halogens is 2. The van der Waals surface area contributed by atoms with Gasteiger partial charge in [0.05, 0.1) is 15.8 Å². The van der Waals surface area contributed by atoms with E-state index in [9.17, 15) is 4.79 Å². The molecule has 0 fully saturated rings. The summed E-state index contributed by atoms with van der Waals surface area (Å²) < 4.78 is 1.83. The molecule has 0 saturated carbocycles. The highest BCUT2D eigenvalue weighted by atomic mass is 35.5. The van der Waals surface area contributed by atoms with Crippen molar-refractivity contribution in [3.05, 3.63) is 40.9 Å². The van der Waals surface area contributed by atoms with Crippen molar-refractivity contribution in [1.82, 2.24) is 14.8 Å². The maximum Gasteiger partial charge on any atom is 0.227 e. The van der Waals surface area contributed by atoms with E-state index in [1.807, 2.05) is 4.57 Å². The van der Waals surface area contributed by atoms with Crippen molar-refractivity contribution in [2.75, 3.05) is 5.75 Å². The van der Waals surface area contributed by atoms with E-state index in [0.717, 1.165) is 5.56 Å². The highest BCUT2D eigenvalue weighted by Gasteiger charge is 2.15. The molecule has 0 spiro atoms. The second-order valence-electron chi connectivity index (χ2n) is 4.09. The molecule has 5 nitrogen and oxygen atoms in total. The monoisotopic (exact) mass is 342 g/mol. The minimum atomic E-state index is -0.413. The number of hydrogen-bond acceptors (Lipinski definition) is 4. The number of carbonyl (C=O) groups is 1. The van der Waals surface area contributed by atoms with Crippen LogP contribution in [0.1, 0.15) is 0 Å². The van der Waals surface area contributed by atoms with Gasteiger partial charge in [-0.1, -0.05) is 41.0 Å². The summed E-state index contributed by atoms with van der Waals surface area (Å²) in [7, 11) is 0. The molecule has 110 valence electrons. The van der Waals surface area contributed by atoms with Gasteiger partial charge in [0.1, 0.15) is 0 Å². The zero-order valence-electron chi connectivity index (χ0n) is 10.9. The molecule has 0 aliphatic heterocycles. The van der Waals surface area contributed by atoms with Gasteiger partial charge in [-0.05, 0) is 18.2 Å². The second kappa shape index (κ2) is 6.98. The molecule has 2 N–H and O–H groups in total. The van der Waals surface area contributed by atoms with Crippen LogP contribution in [0.2, 0.25) is 10.0 Å². The average Bonchev–Trinajstić information content (AvgIpc) is 2.83. The van der Waals surface area contributed by atoms with E-state index in [0.29, 0.717) is 27.6 Å². The van der Waals surface area contributed by atoms with E-state index >= 15 is 0 Å². The number of hydrogen-bond donors (Lipinski definition) is 1. The Labute approximate surface area is 136 Å².